The van der Waals surface area contributed by atoms with Gasteiger partial charge in [-0.2, -0.15) is 5.10 Å². The van der Waals surface area contributed by atoms with Crippen LogP contribution in [0.2, 0.25) is 0 Å². The van der Waals surface area contributed by atoms with E-state index in [2.05, 4.69) is 20.4 Å². The van der Waals surface area contributed by atoms with Crippen molar-refractivity contribution in [3.05, 3.63) is 24.8 Å². The van der Waals surface area contributed by atoms with E-state index in [1.165, 1.54) is 0 Å². The van der Waals surface area contributed by atoms with Gasteiger partial charge in [0.25, 0.3) is 0 Å². The largest absolute Gasteiger partial charge is 0.386 e. The molecular formula is C9H11N5. The molecule has 72 valence electrons. The summed E-state index contributed by atoms with van der Waals surface area (Å²) < 4.78 is 1.73. The lowest BCUT2D eigenvalue weighted by molar-refractivity contribution is 0.768. The fraction of sp³-hybridized carbons (Fsp3) is 0.222. The van der Waals surface area contributed by atoms with Gasteiger partial charge in [-0.25, -0.2) is 9.97 Å². The first kappa shape index (κ1) is 8.68. The van der Waals surface area contributed by atoms with Gasteiger partial charge in [0.2, 0.25) is 0 Å². The van der Waals surface area contributed by atoms with Gasteiger partial charge in [-0.1, -0.05) is 0 Å². The van der Waals surface area contributed by atoms with Crippen molar-refractivity contribution in [1.82, 2.24) is 19.7 Å². The zero-order valence-corrected chi connectivity index (χ0v) is 8.10. The van der Waals surface area contributed by atoms with Crippen molar-refractivity contribution in [2.75, 3.05) is 12.4 Å². The van der Waals surface area contributed by atoms with Crippen LogP contribution in [0.25, 0.3) is 11.4 Å². The average molecular weight is 189 g/mol. The summed E-state index contributed by atoms with van der Waals surface area (Å²) in [6, 6.07) is 0. The Bertz CT molecular complexity index is 417. The first-order valence-electron chi connectivity index (χ1n) is 4.28. The molecule has 5 nitrogen and oxygen atoms in total. The topological polar surface area (TPSA) is 55.6 Å². The number of nitrogens with one attached hydrogen (secondary N) is 1. The summed E-state index contributed by atoms with van der Waals surface area (Å²) in [6.45, 7) is 0. The Morgan fingerprint density at radius 1 is 1.21 bits per heavy atom. The van der Waals surface area contributed by atoms with Gasteiger partial charge in [0.15, 0.2) is 5.82 Å². The van der Waals surface area contributed by atoms with Crippen molar-refractivity contribution in [3.63, 3.8) is 0 Å². The number of rotatable bonds is 2. The van der Waals surface area contributed by atoms with Gasteiger partial charge < -0.3 is 5.32 Å². The third-order valence-corrected chi connectivity index (χ3v) is 1.90. The Morgan fingerprint density at radius 3 is 2.43 bits per heavy atom. The predicted octanol–water partition coefficient (Wildman–Crippen LogP) is 0.919. The molecule has 2 rings (SSSR count). The van der Waals surface area contributed by atoms with E-state index in [0.717, 1.165) is 11.3 Å². The highest BCUT2D eigenvalue weighted by Crippen LogP contribution is 2.13. The minimum absolute atomic E-state index is 0.692. The first-order valence-corrected chi connectivity index (χ1v) is 4.28. The van der Waals surface area contributed by atoms with Crippen molar-refractivity contribution in [2.45, 2.75) is 0 Å². The van der Waals surface area contributed by atoms with E-state index in [-0.39, 0.29) is 0 Å². The van der Waals surface area contributed by atoms with Crippen LogP contribution in [0.5, 0.6) is 0 Å². The summed E-state index contributed by atoms with van der Waals surface area (Å²) in [7, 11) is 3.70. The molecule has 2 heterocycles. The molecule has 0 aliphatic carbocycles. The second-order valence-corrected chi connectivity index (χ2v) is 2.95. The molecule has 1 N–H and O–H groups in total. The minimum Gasteiger partial charge on any atom is -0.386 e. The van der Waals surface area contributed by atoms with Gasteiger partial charge in [-0.05, 0) is 0 Å². The summed E-state index contributed by atoms with van der Waals surface area (Å²) in [5, 5.41) is 7.02. The Morgan fingerprint density at radius 2 is 1.93 bits per heavy atom. The summed E-state index contributed by atoms with van der Waals surface area (Å²) in [5.41, 5.74) is 1.83. The Labute approximate surface area is 81.8 Å². The van der Waals surface area contributed by atoms with E-state index in [1.54, 1.807) is 23.3 Å². The molecule has 0 radical (unpaired) electrons. The lowest BCUT2D eigenvalue weighted by Gasteiger charge is -1.98. The smallest absolute Gasteiger partial charge is 0.162 e. The van der Waals surface area contributed by atoms with Gasteiger partial charge in [0.1, 0.15) is 0 Å². The standard InChI is InChI=1S/C9H11N5/c1-10-8-4-11-9(12-5-8)7-3-13-14(2)6-7/h3-6,10H,1-2H3. The molecule has 0 saturated carbocycles. The zero-order valence-electron chi connectivity index (χ0n) is 8.10. The third kappa shape index (κ3) is 1.56. The summed E-state index contributed by atoms with van der Waals surface area (Å²) in [5.74, 6) is 0.692. The molecular weight excluding hydrogens is 178 g/mol. The predicted molar refractivity (Wildman–Crippen MR) is 53.8 cm³/mol. The summed E-state index contributed by atoms with van der Waals surface area (Å²) >= 11 is 0. The van der Waals surface area contributed by atoms with Crippen molar-refractivity contribution >= 4 is 5.69 Å². The fourth-order valence-corrected chi connectivity index (χ4v) is 1.14. The van der Waals surface area contributed by atoms with Gasteiger partial charge >= 0.3 is 0 Å². The third-order valence-electron chi connectivity index (χ3n) is 1.90. The maximum absolute atomic E-state index is 4.21. The van der Waals surface area contributed by atoms with Crippen LogP contribution < -0.4 is 5.32 Å². The lowest BCUT2D eigenvalue weighted by Crippen LogP contribution is -1.92. The fourth-order valence-electron chi connectivity index (χ4n) is 1.14. The zero-order chi connectivity index (χ0) is 9.97. The Kier molecular flexibility index (Phi) is 2.14. The normalized spacial score (nSPS) is 10.1. The molecule has 0 aromatic carbocycles. The Balaban J connectivity index is 2.33. The minimum atomic E-state index is 0.692. The second-order valence-electron chi connectivity index (χ2n) is 2.95. The molecule has 0 fully saturated rings. The number of nitrogens with zero attached hydrogens (tertiary/aromatic N) is 4. The van der Waals surface area contributed by atoms with Gasteiger partial charge in [-0.3, -0.25) is 4.68 Å². The van der Waals surface area contributed by atoms with Crippen molar-refractivity contribution < 1.29 is 0 Å². The molecule has 2 aromatic rings. The quantitative estimate of drug-likeness (QED) is 0.763. The van der Waals surface area contributed by atoms with Gasteiger partial charge in [0.05, 0.1) is 29.8 Å². The van der Waals surface area contributed by atoms with Gasteiger partial charge in [-0.15, -0.1) is 0 Å². The average Bonchev–Trinajstić information content (AvgIpc) is 2.65. The first-order chi connectivity index (χ1) is 6.79. The number of aromatic nitrogens is 4. The van der Waals surface area contributed by atoms with Crippen LogP contribution in [0.1, 0.15) is 0 Å². The van der Waals surface area contributed by atoms with Crippen LogP contribution in [-0.4, -0.2) is 26.8 Å². The van der Waals surface area contributed by atoms with E-state index in [9.17, 15) is 0 Å². The van der Waals surface area contributed by atoms with Crippen LogP contribution in [0.3, 0.4) is 0 Å². The van der Waals surface area contributed by atoms with E-state index < -0.39 is 0 Å². The Hall–Kier alpha value is -1.91. The lowest BCUT2D eigenvalue weighted by atomic mass is 10.3. The highest BCUT2D eigenvalue weighted by molar-refractivity contribution is 5.53. The summed E-state index contributed by atoms with van der Waals surface area (Å²) in [4.78, 5) is 8.41. The second kappa shape index (κ2) is 3.45. The molecule has 2 aromatic heterocycles. The summed E-state index contributed by atoms with van der Waals surface area (Å²) in [6.07, 6.45) is 7.12. The molecule has 0 saturated heterocycles. The number of anilines is 1. The molecule has 0 unspecified atom stereocenters. The molecule has 5 heteroatoms. The number of hydrogen-bond acceptors (Lipinski definition) is 4. The molecule has 0 spiro atoms. The van der Waals surface area contributed by atoms with Crippen LogP contribution in [0, 0.1) is 0 Å². The molecule has 0 aliphatic heterocycles. The molecule has 0 bridgehead atoms. The van der Waals surface area contributed by atoms with E-state index in [1.807, 2.05) is 20.3 Å². The van der Waals surface area contributed by atoms with E-state index in [0.29, 0.717) is 5.82 Å². The molecule has 14 heavy (non-hydrogen) atoms. The van der Waals surface area contributed by atoms with Gasteiger partial charge in [0, 0.05) is 20.3 Å². The molecule has 0 amide bonds. The molecule has 0 aliphatic rings. The maximum atomic E-state index is 4.21. The van der Waals surface area contributed by atoms with Crippen LogP contribution >= 0.6 is 0 Å². The highest BCUT2D eigenvalue weighted by atomic mass is 15.2. The SMILES string of the molecule is CNc1cnc(-c2cnn(C)c2)nc1. The highest BCUT2D eigenvalue weighted by Gasteiger charge is 2.02. The maximum Gasteiger partial charge on any atom is 0.162 e. The monoisotopic (exact) mass is 189 g/mol. The molecule has 0 atom stereocenters. The van der Waals surface area contributed by atoms with Crippen LogP contribution in [0.15, 0.2) is 24.8 Å². The van der Waals surface area contributed by atoms with Crippen molar-refractivity contribution in [3.8, 4) is 11.4 Å². The van der Waals surface area contributed by atoms with Crippen molar-refractivity contribution in [2.24, 2.45) is 7.05 Å². The van der Waals surface area contributed by atoms with E-state index >= 15 is 0 Å². The number of hydrogen-bond donors (Lipinski definition) is 1. The van der Waals surface area contributed by atoms with Crippen LogP contribution in [0.4, 0.5) is 5.69 Å². The van der Waals surface area contributed by atoms with Crippen molar-refractivity contribution in [1.29, 1.82) is 0 Å². The van der Waals surface area contributed by atoms with Crippen LogP contribution in [-0.2, 0) is 7.05 Å². The van der Waals surface area contributed by atoms with E-state index in [4.69, 9.17) is 0 Å². The number of aryl methyl sites for hydroxylation is 1.